The van der Waals surface area contributed by atoms with Crippen molar-refractivity contribution in [1.29, 1.82) is 0 Å². The van der Waals surface area contributed by atoms with E-state index in [9.17, 15) is 4.79 Å². The number of methoxy groups -OCH3 is 2. The molecule has 1 aromatic heterocycles. The normalized spacial score (nSPS) is 10.9. The predicted octanol–water partition coefficient (Wildman–Crippen LogP) is 5.15. The maximum absolute atomic E-state index is 13.4. The van der Waals surface area contributed by atoms with Crippen molar-refractivity contribution in [3.8, 4) is 28.4 Å². The van der Waals surface area contributed by atoms with E-state index in [4.69, 9.17) is 18.9 Å². The van der Waals surface area contributed by atoms with Gasteiger partial charge in [-0.25, -0.2) is 4.79 Å². The summed E-state index contributed by atoms with van der Waals surface area (Å²) in [7, 11) is 5.16. The van der Waals surface area contributed by atoms with Crippen LogP contribution in [0.25, 0.3) is 22.0 Å². The minimum Gasteiger partial charge on any atom is -0.497 e. The molecule has 3 aromatic carbocycles. The highest BCUT2D eigenvalue weighted by molar-refractivity contribution is 6.09. The van der Waals surface area contributed by atoms with Crippen LogP contribution in [0.15, 0.2) is 66.7 Å². The van der Waals surface area contributed by atoms with Crippen LogP contribution in [-0.2, 0) is 11.3 Å². The van der Waals surface area contributed by atoms with E-state index in [2.05, 4.69) is 5.32 Å². The van der Waals surface area contributed by atoms with Gasteiger partial charge in [0.15, 0.2) is 0 Å². The average molecular weight is 489 g/mol. The van der Waals surface area contributed by atoms with E-state index in [0.717, 1.165) is 51.4 Å². The predicted molar refractivity (Wildman–Crippen MR) is 141 cm³/mol. The number of hydrogen-bond acceptors (Lipinski definition) is 6. The van der Waals surface area contributed by atoms with Crippen molar-refractivity contribution in [1.82, 2.24) is 9.88 Å². The van der Waals surface area contributed by atoms with Crippen molar-refractivity contribution in [2.45, 2.75) is 13.5 Å². The molecule has 4 aromatic rings. The van der Waals surface area contributed by atoms with E-state index in [0.29, 0.717) is 18.8 Å². The number of esters is 1. The summed E-state index contributed by atoms with van der Waals surface area (Å²) in [6.07, 6.45) is 0. The summed E-state index contributed by atoms with van der Waals surface area (Å²) in [5.74, 6) is 1.87. The molecular weight excluding hydrogens is 456 g/mol. The fraction of sp³-hybridized carbons (Fsp3) is 0.276. The molecule has 0 bridgehead atoms. The van der Waals surface area contributed by atoms with Gasteiger partial charge in [-0.3, -0.25) is 0 Å². The lowest BCUT2D eigenvalue weighted by molar-refractivity contribution is 0.0516. The molecule has 7 heteroatoms. The van der Waals surface area contributed by atoms with E-state index >= 15 is 0 Å². The first kappa shape index (κ1) is 25.1. The highest BCUT2D eigenvalue weighted by Crippen LogP contribution is 2.38. The minimum atomic E-state index is -0.375. The number of carbonyl (C=O) groups is 1. The second-order valence-electron chi connectivity index (χ2n) is 8.24. The molecule has 0 aliphatic rings. The van der Waals surface area contributed by atoms with Crippen LogP contribution in [0.2, 0.25) is 0 Å². The summed E-state index contributed by atoms with van der Waals surface area (Å²) in [5.41, 5.74) is 4.10. The molecule has 0 spiro atoms. The Morgan fingerprint density at radius 3 is 2.36 bits per heavy atom. The first-order chi connectivity index (χ1) is 17.6. The van der Waals surface area contributed by atoms with Crippen LogP contribution < -0.4 is 19.5 Å². The molecule has 1 N–H and O–H groups in total. The molecule has 0 amide bonds. The van der Waals surface area contributed by atoms with Gasteiger partial charge >= 0.3 is 5.97 Å². The summed E-state index contributed by atoms with van der Waals surface area (Å²) in [6, 6.07) is 21.5. The Balaban J connectivity index is 1.95. The van der Waals surface area contributed by atoms with Gasteiger partial charge in [-0.2, -0.15) is 0 Å². The van der Waals surface area contributed by atoms with Crippen molar-refractivity contribution >= 4 is 16.9 Å². The van der Waals surface area contributed by atoms with Crippen molar-refractivity contribution < 1.29 is 23.7 Å². The zero-order chi connectivity index (χ0) is 25.5. The lowest BCUT2D eigenvalue weighted by Gasteiger charge is -2.13. The maximum atomic E-state index is 13.4. The van der Waals surface area contributed by atoms with Gasteiger partial charge in [0.25, 0.3) is 0 Å². The minimum absolute atomic E-state index is 0.278. The SMILES string of the molecule is CCOC(=O)c1c(-c2ccc(OC)cc2)c2cc(OCCNC)ccc2n1Cc1cccc(OC)c1. The summed E-state index contributed by atoms with van der Waals surface area (Å²) in [4.78, 5) is 13.4. The summed E-state index contributed by atoms with van der Waals surface area (Å²) < 4.78 is 24.3. The van der Waals surface area contributed by atoms with E-state index in [1.807, 2.05) is 85.3 Å². The number of benzene rings is 3. The maximum Gasteiger partial charge on any atom is 0.355 e. The van der Waals surface area contributed by atoms with Gasteiger partial charge in [-0.05, 0) is 67.6 Å². The molecule has 0 radical (unpaired) electrons. The molecule has 4 rings (SSSR count). The van der Waals surface area contributed by atoms with Crippen molar-refractivity contribution in [2.24, 2.45) is 0 Å². The smallest absolute Gasteiger partial charge is 0.355 e. The molecule has 0 saturated carbocycles. The molecule has 0 fully saturated rings. The average Bonchev–Trinajstić information content (AvgIpc) is 3.22. The molecule has 7 nitrogen and oxygen atoms in total. The number of aromatic nitrogens is 1. The van der Waals surface area contributed by atoms with E-state index in [1.54, 1.807) is 14.2 Å². The highest BCUT2D eigenvalue weighted by Gasteiger charge is 2.26. The van der Waals surface area contributed by atoms with Crippen LogP contribution in [0, 0.1) is 0 Å². The lowest BCUT2D eigenvalue weighted by atomic mass is 10.0. The van der Waals surface area contributed by atoms with E-state index < -0.39 is 0 Å². The summed E-state index contributed by atoms with van der Waals surface area (Å²) >= 11 is 0. The Kier molecular flexibility index (Phi) is 8.13. The van der Waals surface area contributed by atoms with Gasteiger partial charge in [-0.1, -0.05) is 24.3 Å². The molecule has 1 heterocycles. The van der Waals surface area contributed by atoms with Crippen LogP contribution in [0.5, 0.6) is 17.2 Å². The molecular formula is C29H32N2O5. The van der Waals surface area contributed by atoms with Gasteiger partial charge in [0.2, 0.25) is 0 Å². The van der Waals surface area contributed by atoms with Crippen LogP contribution in [0.3, 0.4) is 0 Å². The van der Waals surface area contributed by atoms with Crippen LogP contribution in [0.1, 0.15) is 23.0 Å². The van der Waals surface area contributed by atoms with Gasteiger partial charge < -0.3 is 28.8 Å². The monoisotopic (exact) mass is 488 g/mol. The van der Waals surface area contributed by atoms with Gasteiger partial charge in [0, 0.05) is 29.6 Å². The van der Waals surface area contributed by atoms with Crippen LogP contribution in [0.4, 0.5) is 0 Å². The number of carbonyl (C=O) groups excluding carboxylic acids is 1. The number of nitrogens with zero attached hydrogens (tertiary/aromatic N) is 1. The standard InChI is InChI=1S/C29H32N2O5/c1-5-35-29(32)28-27(21-9-11-22(33-3)12-10-21)25-18-24(36-16-15-30-2)13-14-26(25)31(28)19-20-7-6-8-23(17-20)34-4/h6-14,17-18,30H,5,15-16,19H2,1-4H3. The highest BCUT2D eigenvalue weighted by atomic mass is 16.5. The number of fused-ring (bicyclic) bond motifs is 1. The largest absolute Gasteiger partial charge is 0.497 e. The summed E-state index contributed by atoms with van der Waals surface area (Å²) in [5, 5.41) is 4.00. The number of likely N-dealkylation sites (N-methyl/N-ethyl adjacent to an activating group) is 1. The van der Waals surface area contributed by atoms with Crippen molar-refractivity contribution in [3.63, 3.8) is 0 Å². The topological polar surface area (TPSA) is 71.0 Å². The number of rotatable bonds is 11. The molecule has 0 atom stereocenters. The zero-order valence-corrected chi connectivity index (χ0v) is 21.2. The van der Waals surface area contributed by atoms with E-state index in [1.165, 1.54) is 0 Å². The third-order valence-corrected chi connectivity index (χ3v) is 5.98. The zero-order valence-electron chi connectivity index (χ0n) is 21.2. The van der Waals surface area contributed by atoms with Gasteiger partial charge in [0.1, 0.15) is 29.5 Å². The fourth-order valence-electron chi connectivity index (χ4n) is 4.27. The molecule has 0 saturated heterocycles. The van der Waals surface area contributed by atoms with Gasteiger partial charge in [0.05, 0.1) is 20.8 Å². The number of hydrogen-bond donors (Lipinski definition) is 1. The van der Waals surface area contributed by atoms with Gasteiger partial charge in [-0.15, -0.1) is 0 Å². The molecule has 36 heavy (non-hydrogen) atoms. The van der Waals surface area contributed by atoms with Crippen molar-refractivity contribution in [3.05, 3.63) is 78.0 Å². The first-order valence-electron chi connectivity index (χ1n) is 12.0. The van der Waals surface area contributed by atoms with Crippen LogP contribution in [-0.4, -0.2) is 51.6 Å². The lowest BCUT2D eigenvalue weighted by Crippen LogP contribution is -2.15. The fourth-order valence-corrected chi connectivity index (χ4v) is 4.27. The molecule has 0 aliphatic heterocycles. The number of nitrogens with one attached hydrogen (secondary N) is 1. The second-order valence-corrected chi connectivity index (χ2v) is 8.24. The van der Waals surface area contributed by atoms with Crippen molar-refractivity contribution in [2.75, 3.05) is 41.0 Å². The van der Waals surface area contributed by atoms with Crippen LogP contribution >= 0.6 is 0 Å². The summed E-state index contributed by atoms with van der Waals surface area (Å²) in [6.45, 7) is 3.83. The second kappa shape index (κ2) is 11.6. The van der Waals surface area contributed by atoms with E-state index in [-0.39, 0.29) is 12.6 Å². The Morgan fingerprint density at radius 2 is 1.67 bits per heavy atom. The first-order valence-corrected chi connectivity index (χ1v) is 12.0. The Morgan fingerprint density at radius 1 is 0.917 bits per heavy atom. The molecule has 0 aliphatic carbocycles. The Bertz CT molecular complexity index is 1330. The third-order valence-electron chi connectivity index (χ3n) is 5.98. The quantitative estimate of drug-likeness (QED) is 0.233. The Labute approximate surface area is 211 Å². The molecule has 188 valence electrons. The molecule has 0 unspecified atom stereocenters. The number of ether oxygens (including phenoxy) is 4. The third kappa shape index (κ3) is 5.31. The Hall–Kier alpha value is -3.97.